The van der Waals surface area contributed by atoms with Crippen LogP contribution in [0.1, 0.15) is 13.3 Å². The lowest BCUT2D eigenvalue weighted by Gasteiger charge is -2.22. The summed E-state index contributed by atoms with van der Waals surface area (Å²) in [6.45, 7) is 2.96. The third-order valence-electron chi connectivity index (χ3n) is 3.45. The van der Waals surface area contributed by atoms with E-state index >= 15 is 0 Å². The molecule has 2 heterocycles. The molecule has 0 bridgehead atoms. The van der Waals surface area contributed by atoms with E-state index in [1.807, 2.05) is 34.9 Å². The van der Waals surface area contributed by atoms with Crippen LogP contribution in [0.3, 0.4) is 0 Å². The Balaban J connectivity index is 1.75. The molecular formula is C14H17N5OS2. The van der Waals surface area contributed by atoms with Crippen LogP contribution in [0.2, 0.25) is 0 Å². The van der Waals surface area contributed by atoms with E-state index in [0.29, 0.717) is 16.2 Å². The Labute approximate surface area is 137 Å². The monoisotopic (exact) mass is 335 g/mol. The minimum atomic E-state index is 0.0927. The van der Waals surface area contributed by atoms with Crippen molar-refractivity contribution in [3.8, 4) is 0 Å². The summed E-state index contributed by atoms with van der Waals surface area (Å²) >= 11 is 3.20. The molecule has 1 aromatic carbocycles. The topological polar surface area (TPSA) is 63.9 Å². The van der Waals surface area contributed by atoms with Gasteiger partial charge in [0.15, 0.2) is 0 Å². The number of carbonyl (C=O) groups excluding carboxylic acids is 1. The largest absolute Gasteiger partial charge is 0.311 e. The Hall–Kier alpha value is -1.54. The van der Waals surface area contributed by atoms with Crippen molar-refractivity contribution < 1.29 is 4.79 Å². The fourth-order valence-corrected chi connectivity index (χ4v) is 4.13. The molecule has 0 N–H and O–H groups in total. The van der Waals surface area contributed by atoms with Gasteiger partial charge in [0.05, 0.1) is 11.4 Å². The summed E-state index contributed by atoms with van der Waals surface area (Å²) < 4.78 is 1.58. The first kappa shape index (κ1) is 15.4. The van der Waals surface area contributed by atoms with Gasteiger partial charge in [0.25, 0.3) is 0 Å². The summed E-state index contributed by atoms with van der Waals surface area (Å²) in [5, 5.41) is 12.4. The number of thioether (sulfide) groups is 2. The summed E-state index contributed by atoms with van der Waals surface area (Å²) in [4.78, 5) is 15.7. The summed E-state index contributed by atoms with van der Waals surface area (Å²) in [5.41, 5.74) is 1.01. The van der Waals surface area contributed by atoms with Crippen LogP contribution in [0.4, 0.5) is 5.69 Å². The van der Waals surface area contributed by atoms with Gasteiger partial charge < -0.3 is 4.90 Å². The third kappa shape index (κ3) is 3.27. The van der Waals surface area contributed by atoms with Crippen molar-refractivity contribution in [2.45, 2.75) is 28.6 Å². The maximum Gasteiger partial charge on any atom is 0.237 e. The van der Waals surface area contributed by atoms with Crippen LogP contribution in [-0.4, -0.2) is 43.7 Å². The number of para-hydroxylation sites is 1. The average Bonchev–Trinajstić information content (AvgIpc) is 2.83. The third-order valence-corrected chi connectivity index (χ3v) is 5.68. The van der Waals surface area contributed by atoms with Crippen molar-refractivity contribution in [3.05, 3.63) is 24.3 Å². The fourth-order valence-electron chi connectivity index (χ4n) is 2.29. The van der Waals surface area contributed by atoms with Crippen LogP contribution >= 0.6 is 23.5 Å². The standard InChI is InChI=1S/C14H17N5OS2/c1-10-7-8-19(11-5-3-4-6-12(11)22-10)13(20)9-21-14-15-16-17-18(14)2/h3-6,10H,7-9H2,1-2H3. The Bertz CT molecular complexity index is 675. The van der Waals surface area contributed by atoms with Crippen LogP contribution in [0.25, 0.3) is 0 Å². The Morgan fingerprint density at radius 3 is 3.05 bits per heavy atom. The number of hydrogen-bond donors (Lipinski definition) is 0. The molecule has 2 aromatic rings. The maximum atomic E-state index is 12.6. The second-order valence-corrected chi connectivity index (χ2v) is 7.53. The van der Waals surface area contributed by atoms with E-state index in [1.54, 1.807) is 11.7 Å². The first-order valence-electron chi connectivity index (χ1n) is 7.06. The molecule has 1 atom stereocenters. The lowest BCUT2D eigenvalue weighted by atomic mass is 10.2. The maximum absolute atomic E-state index is 12.6. The highest BCUT2D eigenvalue weighted by molar-refractivity contribution is 8.00. The molecule has 1 amide bonds. The summed E-state index contributed by atoms with van der Waals surface area (Å²) in [7, 11) is 1.77. The van der Waals surface area contributed by atoms with Gasteiger partial charge in [-0.05, 0) is 29.0 Å². The smallest absolute Gasteiger partial charge is 0.237 e. The second-order valence-electron chi connectivity index (χ2n) is 5.10. The Morgan fingerprint density at radius 1 is 1.45 bits per heavy atom. The van der Waals surface area contributed by atoms with E-state index in [2.05, 4.69) is 28.5 Å². The van der Waals surface area contributed by atoms with E-state index in [0.717, 1.165) is 18.7 Å². The number of aryl methyl sites for hydroxylation is 1. The summed E-state index contributed by atoms with van der Waals surface area (Å²) in [5.74, 6) is 0.428. The highest BCUT2D eigenvalue weighted by Gasteiger charge is 2.24. The van der Waals surface area contributed by atoms with Crippen LogP contribution in [-0.2, 0) is 11.8 Å². The van der Waals surface area contributed by atoms with Crippen molar-refractivity contribution in [2.24, 2.45) is 7.05 Å². The molecule has 8 heteroatoms. The molecule has 0 radical (unpaired) electrons. The molecule has 3 rings (SSSR count). The molecule has 0 fully saturated rings. The number of carbonyl (C=O) groups is 1. The zero-order valence-electron chi connectivity index (χ0n) is 12.5. The van der Waals surface area contributed by atoms with E-state index in [9.17, 15) is 4.79 Å². The minimum Gasteiger partial charge on any atom is -0.311 e. The van der Waals surface area contributed by atoms with Gasteiger partial charge in [-0.2, -0.15) is 0 Å². The number of fused-ring (bicyclic) bond motifs is 1. The van der Waals surface area contributed by atoms with Crippen molar-refractivity contribution >= 4 is 35.1 Å². The minimum absolute atomic E-state index is 0.0927. The number of nitrogens with zero attached hydrogens (tertiary/aromatic N) is 5. The van der Waals surface area contributed by atoms with Crippen LogP contribution in [0, 0.1) is 0 Å². The normalized spacial score (nSPS) is 17.9. The predicted octanol–water partition coefficient (Wildman–Crippen LogP) is 2.22. The van der Waals surface area contributed by atoms with Gasteiger partial charge in [-0.25, -0.2) is 4.68 Å². The number of anilines is 1. The van der Waals surface area contributed by atoms with E-state index < -0.39 is 0 Å². The van der Waals surface area contributed by atoms with E-state index in [4.69, 9.17) is 0 Å². The number of amides is 1. The molecule has 0 spiro atoms. The number of rotatable bonds is 3. The van der Waals surface area contributed by atoms with Gasteiger partial charge in [0, 0.05) is 23.7 Å². The number of tetrazole rings is 1. The van der Waals surface area contributed by atoms with Crippen LogP contribution in [0.5, 0.6) is 0 Å². The first-order chi connectivity index (χ1) is 10.6. The fraction of sp³-hybridized carbons (Fsp3) is 0.429. The molecule has 116 valence electrons. The summed E-state index contributed by atoms with van der Waals surface area (Å²) in [6, 6.07) is 8.11. The molecule has 1 aliphatic rings. The summed E-state index contributed by atoms with van der Waals surface area (Å²) in [6.07, 6.45) is 0.987. The highest BCUT2D eigenvalue weighted by atomic mass is 32.2. The molecule has 22 heavy (non-hydrogen) atoms. The number of benzene rings is 1. The van der Waals surface area contributed by atoms with Crippen molar-refractivity contribution in [1.29, 1.82) is 0 Å². The van der Waals surface area contributed by atoms with Gasteiger partial charge in [0.2, 0.25) is 11.1 Å². The zero-order chi connectivity index (χ0) is 15.5. The van der Waals surface area contributed by atoms with Gasteiger partial charge >= 0.3 is 0 Å². The highest BCUT2D eigenvalue weighted by Crippen LogP contribution is 2.37. The van der Waals surface area contributed by atoms with Crippen molar-refractivity contribution in [1.82, 2.24) is 20.2 Å². The molecule has 0 aliphatic carbocycles. The molecule has 0 saturated carbocycles. The number of aromatic nitrogens is 4. The number of hydrogen-bond acceptors (Lipinski definition) is 6. The molecule has 1 unspecified atom stereocenters. The van der Waals surface area contributed by atoms with Crippen molar-refractivity contribution in [3.63, 3.8) is 0 Å². The lowest BCUT2D eigenvalue weighted by Crippen LogP contribution is -2.33. The van der Waals surface area contributed by atoms with Gasteiger partial charge in [0.1, 0.15) is 0 Å². The first-order valence-corrected chi connectivity index (χ1v) is 8.93. The molecule has 6 nitrogen and oxygen atoms in total. The average molecular weight is 335 g/mol. The Kier molecular flexibility index (Phi) is 4.68. The molecule has 1 aliphatic heterocycles. The quantitative estimate of drug-likeness (QED) is 0.802. The van der Waals surface area contributed by atoms with E-state index in [1.165, 1.54) is 16.7 Å². The van der Waals surface area contributed by atoms with Gasteiger partial charge in [-0.3, -0.25) is 4.79 Å². The molecular weight excluding hydrogens is 318 g/mol. The van der Waals surface area contributed by atoms with E-state index in [-0.39, 0.29) is 5.91 Å². The lowest BCUT2D eigenvalue weighted by molar-refractivity contribution is -0.116. The van der Waals surface area contributed by atoms with Crippen LogP contribution in [0.15, 0.2) is 34.3 Å². The van der Waals surface area contributed by atoms with Crippen molar-refractivity contribution in [2.75, 3.05) is 17.2 Å². The van der Waals surface area contributed by atoms with Gasteiger partial charge in [-0.15, -0.1) is 16.9 Å². The van der Waals surface area contributed by atoms with Crippen LogP contribution < -0.4 is 4.90 Å². The Morgan fingerprint density at radius 2 is 2.27 bits per heavy atom. The van der Waals surface area contributed by atoms with Gasteiger partial charge in [-0.1, -0.05) is 30.8 Å². The molecule has 0 saturated heterocycles. The second kappa shape index (κ2) is 6.70. The SMILES string of the molecule is CC1CCN(C(=O)CSc2nnnn2C)c2ccccc2S1. The predicted molar refractivity (Wildman–Crippen MR) is 88.3 cm³/mol. The molecule has 1 aromatic heterocycles. The zero-order valence-corrected chi connectivity index (χ0v) is 14.1.